The molecule has 0 heterocycles. The van der Waals surface area contributed by atoms with E-state index in [0.717, 1.165) is 20.3 Å². The lowest BCUT2D eigenvalue weighted by molar-refractivity contribution is -0.114. The van der Waals surface area contributed by atoms with Crippen LogP contribution in [0.2, 0.25) is 0 Å². The van der Waals surface area contributed by atoms with Crippen molar-refractivity contribution in [3.63, 3.8) is 0 Å². The minimum absolute atomic E-state index is 0.205. The normalized spacial score (nSPS) is 10.8. The molecule has 0 aromatic heterocycles. The molecule has 0 saturated carbocycles. The van der Waals surface area contributed by atoms with Crippen LogP contribution in [0.3, 0.4) is 0 Å². The molecular formula is C19H18Br2N2O3. The van der Waals surface area contributed by atoms with Crippen LogP contribution < -0.4 is 10.1 Å². The summed E-state index contributed by atoms with van der Waals surface area (Å²) in [7, 11) is 2.96. The van der Waals surface area contributed by atoms with E-state index in [9.17, 15) is 4.79 Å². The molecule has 0 aliphatic heterocycles. The van der Waals surface area contributed by atoms with Crippen LogP contribution in [0.1, 0.15) is 16.7 Å². The van der Waals surface area contributed by atoms with Crippen LogP contribution >= 0.6 is 31.9 Å². The number of likely N-dealkylation sites (N-methyl/N-ethyl adjacent to an activating group) is 1. The average molecular weight is 482 g/mol. The van der Waals surface area contributed by atoms with Gasteiger partial charge in [0.05, 0.1) is 3.39 Å². The Kier molecular flexibility index (Phi) is 7.87. The van der Waals surface area contributed by atoms with E-state index in [4.69, 9.17) is 9.57 Å². The van der Waals surface area contributed by atoms with E-state index in [-0.39, 0.29) is 11.6 Å². The monoisotopic (exact) mass is 480 g/mol. The summed E-state index contributed by atoms with van der Waals surface area (Å²) < 4.78 is 6.73. The van der Waals surface area contributed by atoms with Crippen LogP contribution in [0.4, 0.5) is 0 Å². The number of oxime groups is 1. The third-order valence-electron chi connectivity index (χ3n) is 3.45. The minimum Gasteiger partial charge on any atom is -0.489 e. The van der Waals surface area contributed by atoms with Crippen LogP contribution in [0.25, 0.3) is 6.08 Å². The second-order valence-electron chi connectivity index (χ2n) is 5.15. The summed E-state index contributed by atoms with van der Waals surface area (Å²) in [5.74, 6) is 0.406. The van der Waals surface area contributed by atoms with Crippen molar-refractivity contribution in [3.8, 4) is 5.75 Å². The molecule has 0 radical (unpaired) electrons. The number of halogens is 2. The van der Waals surface area contributed by atoms with Crippen molar-refractivity contribution < 1.29 is 14.4 Å². The molecule has 7 heteroatoms. The fourth-order valence-electron chi connectivity index (χ4n) is 2.25. The Balaban J connectivity index is 2.19. The molecule has 0 fully saturated rings. The van der Waals surface area contributed by atoms with E-state index in [2.05, 4.69) is 42.3 Å². The molecule has 136 valence electrons. The number of rotatable bonds is 7. The molecule has 5 nitrogen and oxygen atoms in total. The minimum atomic E-state index is -0.323. The van der Waals surface area contributed by atoms with Crippen molar-refractivity contribution in [1.29, 1.82) is 0 Å². The Morgan fingerprint density at radius 2 is 1.85 bits per heavy atom. The molecule has 2 aromatic carbocycles. The second kappa shape index (κ2) is 10.1. The summed E-state index contributed by atoms with van der Waals surface area (Å²) >= 11 is 6.67. The number of hydrogen-bond acceptors (Lipinski definition) is 4. The van der Waals surface area contributed by atoms with Crippen molar-refractivity contribution in [3.05, 3.63) is 68.6 Å². The number of benzene rings is 2. The Hall–Kier alpha value is -2.12. The number of carbonyl (C=O) groups is 1. The lowest BCUT2D eigenvalue weighted by atomic mass is 10.0. The third kappa shape index (κ3) is 5.71. The summed E-state index contributed by atoms with van der Waals surface area (Å²) in [5.41, 5.74) is 2.74. The summed E-state index contributed by atoms with van der Waals surface area (Å²) in [6.45, 7) is 0.299. The fraction of sp³-hybridized carbons (Fsp3) is 0.158. The molecule has 2 rings (SSSR count). The van der Waals surface area contributed by atoms with Crippen LogP contribution in [-0.4, -0.2) is 25.8 Å². The molecule has 0 atom stereocenters. The van der Waals surface area contributed by atoms with Crippen LogP contribution in [0.5, 0.6) is 5.75 Å². The Morgan fingerprint density at radius 1 is 1.15 bits per heavy atom. The Bertz CT molecular complexity index is 814. The molecule has 0 aliphatic carbocycles. The van der Waals surface area contributed by atoms with Crippen molar-refractivity contribution >= 4 is 49.6 Å². The maximum atomic E-state index is 12.1. The molecule has 1 amide bonds. The maximum Gasteiger partial charge on any atom is 0.273 e. The molecule has 0 bridgehead atoms. The zero-order valence-corrected chi connectivity index (χ0v) is 17.5. The predicted octanol–water partition coefficient (Wildman–Crippen LogP) is 4.45. The maximum absolute atomic E-state index is 12.1. The highest BCUT2D eigenvalue weighted by Gasteiger charge is 2.17. The van der Waals surface area contributed by atoms with Crippen molar-refractivity contribution in [2.75, 3.05) is 14.2 Å². The fourth-order valence-corrected chi connectivity index (χ4v) is 2.78. The van der Waals surface area contributed by atoms with Gasteiger partial charge < -0.3 is 14.9 Å². The molecule has 26 heavy (non-hydrogen) atoms. The smallest absolute Gasteiger partial charge is 0.273 e. The zero-order valence-electron chi connectivity index (χ0n) is 14.3. The molecular weight excluding hydrogens is 464 g/mol. The van der Waals surface area contributed by atoms with Gasteiger partial charge in [0.15, 0.2) is 5.71 Å². The van der Waals surface area contributed by atoms with Gasteiger partial charge in [0.25, 0.3) is 5.91 Å². The van der Waals surface area contributed by atoms with E-state index in [1.54, 1.807) is 7.05 Å². The van der Waals surface area contributed by atoms with Gasteiger partial charge in [-0.25, -0.2) is 0 Å². The first-order chi connectivity index (χ1) is 12.5. The molecule has 0 spiro atoms. The number of nitrogens with one attached hydrogen (secondary N) is 1. The summed E-state index contributed by atoms with van der Waals surface area (Å²) in [6.07, 6.45) is 1.94. The standard InChI is InChI=1S/C19H18Br2N2O3/c1-22-19(24)18(23-25-2)16-6-4-3-5-14(16)12-26-15-9-7-13(8-10-15)11-17(20)21/h3-11H,12H2,1-2H3,(H,22,24)/b23-18+. The number of carbonyl (C=O) groups excluding carboxylic acids is 1. The largest absolute Gasteiger partial charge is 0.489 e. The van der Waals surface area contributed by atoms with Gasteiger partial charge in [-0.1, -0.05) is 41.6 Å². The number of amides is 1. The predicted molar refractivity (Wildman–Crippen MR) is 111 cm³/mol. The molecule has 0 aliphatic rings. The number of ether oxygens (including phenoxy) is 1. The van der Waals surface area contributed by atoms with E-state index in [1.807, 2.05) is 54.6 Å². The van der Waals surface area contributed by atoms with Gasteiger partial charge in [0, 0.05) is 12.6 Å². The van der Waals surface area contributed by atoms with Gasteiger partial charge in [-0.05, 0) is 61.2 Å². The van der Waals surface area contributed by atoms with Crippen LogP contribution in [0, 0.1) is 0 Å². The first-order valence-corrected chi connectivity index (χ1v) is 9.30. The van der Waals surface area contributed by atoms with Crippen molar-refractivity contribution in [1.82, 2.24) is 5.32 Å². The highest BCUT2D eigenvalue weighted by Crippen LogP contribution is 2.21. The highest BCUT2D eigenvalue weighted by atomic mass is 79.9. The molecule has 0 unspecified atom stereocenters. The first kappa shape index (κ1) is 20.2. The average Bonchev–Trinajstić information content (AvgIpc) is 2.65. The lowest BCUT2D eigenvalue weighted by Crippen LogP contribution is -2.29. The van der Waals surface area contributed by atoms with Crippen molar-refractivity contribution in [2.24, 2.45) is 5.16 Å². The molecule has 2 aromatic rings. The highest BCUT2D eigenvalue weighted by molar-refractivity contribution is 9.28. The molecule has 1 N–H and O–H groups in total. The van der Waals surface area contributed by atoms with Crippen molar-refractivity contribution in [2.45, 2.75) is 6.61 Å². The Morgan fingerprint density at radius 3 is 2.46 bits per heavy atom. The topological polar surface area (TPSA) is 59.9 Å². The van der Waals surface area contributed by atoms with Gasteiger partial charge in [0.1, 0.15) is 19.5 Å². The van der Waals surface area contributed by atoms with Gasteiger partial charge in [-0.15, -0.1) is 0 Å². The van der Waals surface area contributed by atoms with Gasteiger partial charge in [-0.3, -0.25) is 4.79 Å². The quantitative estimate of drug-likeness (QED) is 0.469. The van der Waals surface area contributed by atoms with E-state index in [0.29, 0.717) is 12.2 Å². The van der Waals surface area contributed by atoms with Crippen LogP contribution in [-0.2, 0) is 16.2 Å². The second-order valence-corrected chi connectivity index (χ2v) is 7.92. The first-order valence-electron chi connectivity index (χ1n) is 7.72. The van der Waals surface area contributed by atoms with E-state index >= 15 is 0 Å². The van der Waals surface area contributed by atoms with Gasteiger partial charge >= 0.3 is 0 Å². The van der Waals surface area contributed by atoms with Gasteiger partial charge in [0.2, 0.25) is 0 Å². The lowest BCUT2D eigenvalue weighted by Gasteiger charge is -2.12. The van der Waals surface area contributed by atoms with E-state index < -0.39 is 0 Å². The third-order valence-corrected chi connectivity index (χ3v) is 3.91. The number of nitrogens with zero attached hydrogens (tertiary/aromatic N) is 1. The summed E-state index contributed by atoms with van der Waals surface area (Å²) in [4.78, 5) is 16.9. The van der Waals surface area contributed by atoms with E-state index in [1.165, 1.54) is 7.11 Å². The van der Waals surface area contributed by atoms with Gasteiger partial charge in [-0.2, -0.15) is 0 Å². The SMILES string of the molecule is CNC(=O)/C(=N/OC)c1ccccc1COc1ccc(C=C(Br)Br)cc1. The Labute approximate surface area is 169 Å². The van der Waals surface area contributed by atoms with Crippen LogP contribution in [0.15, 0.2) is 57.1 Å². The summed E-state index contributed by atoms with van der Waals surface area (Å²) in [5, 5.41) is 6.42. The zero-order chi connectivity index (χ0) is 18.9. The molecule has 0 saturated heterocycles. The number of hydrogen-bond donors (Lipinski definition) is 1. The summed E-state index contributed by atoms with van der Waals surface area (Å²) in [6, 6.07) is 15.1.